The molecule has 2 rings (SSSR count). The number of hydrogen-bond acceptors (Lipinski definition) is 4. The summed E-state index contributed by atoms with van der Waals surface area (Å²) >= 11 is 0. The Morgan fingerprint density at radius 1 is 1.14 bits per heavy atom. The van der Waals surface area contributed by atoms with Gasteiger partial charge >= 0.3 is 0 Å². The Morgan fingerprint density at radius 2 is 1.81 bits per heavy atom. The second kappa shape index (κ2) is 7.42. The van der Waals surface area contributed by atoms with Crippen molar-refractivity contribution in [1.29, 1.82) is 0 Å². The third-order valence-electron chi connectivity index (χ3n) is 2.80. The molecular weight excluding hydrogens is 268 g/mol. The van der Waals surface area contributed by atoms with E-state index in [1.807, 2.05) is 42.5 Å². The third kappa shape index (κ3) is 4.30. The monoisotopic (exact) mass is 286 g/mol. The first-order valence-corrected chi connectivity index (χ1v) is 6.58. The first-order valence-electron chi connectivity index (χ1n) is 6.58. The summed E-state index contributed by atoms with van der Waals surface area (Å²) in [6, 6.07) is 15.8. The van der Waals surface area contributed by atoms with Crippen LogP contribution in [-0.4, -0.2) is 25.7 Å². The lowest BCUT2D eigenvalue weighted by molar-refractivity contribution is -0.118. The van der Waals surface area contributed by atoms with Crippen LogP contribution >= 0.6 is 0 Å². The maximum absolute atomic E-state index is 11.9. The van der Waals surface area contributed by atoms with E-state index in [2.05, 4.69) is 5.32 Å². The molecule has 3 N–H and O–H groups in total. The number of nitrogens with one attached hydrogen (secondary N) is 1. The smallest absolute Gasteiger partial charge is 0.243 e. The minimum Gasteiger partial charge on any atom is -0.455 e. The van der Waals surface area contributed by atoms with Crippen molar-refractivity contribution in [3.63, 3.8) is 0 Å². The minimum atomic E-state index is -0.722. The Kier molecular flexibility index (Phi) is 5.31. The van der Waals surface area contributed by atoms with Gasteiger partial charge in [-0.2, -0.15) is 0 Å². The maximum atomic E-state index is 11.9. The van der Waals surface area contributed by atoms with Crippen molar-refractivity contribution in [2.45, 2.75) is 6.04 Å². The number of carbonyl (C=O) groups excluding carboxylic acids is 1. The third-order valence-corrected chi connectivity index (χ3v) is 2.80. The van der Waals surface area contributed by atoms with E-state index in [0.717, 1.165) is 0 Å². The maximum Gasteiger partial charge on any atom is 0.243 e. The van der Waals surface area contributed by atoms with E-state index in [-0.39, 0.29) is 12.5 Å². The van der Waals surface area contributed by atoms with Gasteiger partial charge in [-0.1, -0.05) is 30.3 Å². The number of benzene rings is 2. The summed E-state index contributed by atoms with van der Waals surface area (Å²) in [4.78, 5) is 11.9. The summed E-state index contributed by atoms with van der Waals surface area (Å²) in [6.07, 6.45) is 0. The van der Waals surface area contributed by atoms with Crippen LogP contribution in [0.1, 0.15) is 0 Å². The molecule has 0 saturated carbocycles. The molecule has 0 unspecified atom stereocenters. The van der Waals surface area contributed by atoms with Crippen molar-refractivity contribution < 1.29 is 14.3 Å². The van der Waals surface area contributed by atoms with Crippen molar-refractivity contribution in [3.8, 4) is 11.5 Å². The van der Waals surface area contributed by atoms with Gasteiger partial charge in [-0.05, 0) is 24.3 Å². The van der Waals surface area contributed by atoms with Crippen molar-refractivity contribution in [2.75, 3.05) is 19.0 Å². The molecular formula is C16H18N2O3. The lowest BCUT2D eigenvalue weighted by Crippen LogP contribution is -2.39. The predicted molar refractivity (Wildman–Crippen MR) is 81.4 cm³/mol. The fraction of sp³-hybridized carbons (Fsp3) is 0.188. The van der Waals surface area contributed by atoms with Gasteiger partial charge in [0, 0.05) is 7.11 Å². The molecule has 0 saturated heterocycles. The van der Waals surface area contributed by atoms with E-state index in [1.54, 1.807) is 12.1 Å². The van der Waals surface area contributed by atoms with Crippen molar-refractivity contribution >= 4 is 11.6 Å². The molecule has 2 aromatic carbocycles. The van der Waals surface area contributed by atoms with Crippen molar-refractivity contribution in [3.05, 3.63) is 54.6 Å². The zero-order chi connectivity index (χ0) is 15.1. The number of rotatable bonds is 6. The molecule has 0 aromatic heterocycles. The minimum absolute atomic E-state index is 0.160. The van der Waals surface area contributed by atoms with Crippen LogP contribution in [0.2, 0.25) is 0 Å². The highest BCUT2D eigenvalue weighted by atomic mass is 16.5. The lowest BCUT2D eigenvalue weighted by Gasteiger charge is -2.14. The Balaban J connectivity index is 2.12. The largest absolute Gasteiger partial charge is 0.455 e. The molecule has 2 aromatic rings. The van der Waals surface area contributed by atoms with Crippen LogP contribution in [0.25, 0.3) is 0 Å². The van der Waals surface area contributed by atoms with Crippen LogP contribution in [-0.2, 0) is 9.53 Å². The lowest BCUT2D eigenvalue weighted by atomic mass is 10.2. The number of anilines is 1. The molecule has 0 radical (unpaired) electrons. The van der Waals surface area contributed by atoms with Crippen LogP contribution in [0.3, 0.4) is 0 Å². The molecule has 110 valence electrons. The summed E-state index contributed by atoms with van der Waals surface area (Å²) in [5.41, 5.74) is 6.27. The number of methoxy groups -OCH3 is 1. The van der Waals surface area contributed by atoms with Gasteiger partial charge in [0.1, 0.15) is 11.8 Å². The number of nitrogens with two attached hydrogens (primary N) is 1. The Morgan fingerprint density at radius 3 is 2.52 bits per heavy atom. The van der Waals surface area contributed by atoms with E-state index < -0.39 is 6.04 Å². The quantitative estimate of drug-likeness (QED) is 0.855. The standard InChI is InChI=1S/C16H18N2O3/c1-20-11-13(17)16(19)18-14-9-5-6-10-15(14)21-12-7-3-2-4-8-12/h2-10,13H,11,17H2,1H3,(H,18,19)/t13-/m0/s1. The van der Waals surface area contributed by atoms with Gasteiger partial charge in [0.15, 0.2) is 5.75 Å². The van der Waals surface area contributed by atoms with Gasteiger partial charge in [0.2, 0.25) is 5.91 Å². The average molecular weight is 286 g/mol. The van der Waals surface area contributed by atoms with Gasteiger partial charge in [-0.3, -0.25) is 4.79 Å². The number of hydrogen-bond donors (Lipinski definition) is 2. The highest BCUT2D eigenvalue weighted by Crippen LogP contribution is 2.29. The van der Waals surface area contributed by atoms with Gasteiger partial charge in [0.25, 0.3) is 0 Å². The molecule has 0 spiro atoms. The molecule has 1 amide bonds. The van der Waals surface area contributed by atoms with Crippen LogP contribution in [0.5, 0.6) is 11.5 Å². The summed E-state index contributed by atoms with van der Waals surface area (Å²) in [5, 5.41) is 2.75. The number of para-hydroxylation sites is 3. The molecule has 0 bridgehead atoms. The molecule has 0 aliphatic heterocycles. The van der Waals surface area contributed by atoms with E-state index in [0.29, 0.717) is 17.2 Å². The van der Waals surface area contributed by atoms with E-state index in [9.17, 15) is 4.79 Å². The summed E-state index contributed by atoms with van der Waals surface area (Å²) in [6.45, 7) is 0.160. The highest BCUT2D eigenvalue weighted by molar-refractivity contribution is 5.96. The van der Waals surface area contributed by atoms with Crippen LogP contribution < -0.4 is 15.8 Å². The molecule has 0 fully saturated rings. The van der Waals surface area contributed by atoms with E-state index >= 15 is 0 Å². The van der Waals surface area contributed by atoms with E-state index in [4.69, 9.17) is 15.2 Å². The highest BCUT2D eigenvalue weighted by Gasteiger charge is 2.15. The molecule has 5 heteroatoms. The Bertz CT molecular complexity index is 587. The fourth-order valence-corrected chi connectivity index (χ4v) is 1.76. The van der Waals surface area contributed by atoms with Crippen LogP contribution in [0, 0.1) is 0 Å². The van der Waals surface area contributed by atoms with Gasteiger partial charge in [-0.15, -0.1) is 0 Å². The number of carbonyl (C=O) groups is 1. The zero-order valence-electron chi connectivity index (χ0n) is 11.8. The van der Waals surface area contributed by atoms with Crippen LogP contribution in [0.4, 0.5) is 5.69 Å². The molecule has 21 heavy (non-hydrogen) atoms. The van der Waals surface area contributed by atoms with Gasteiger partial charge < -0.3 is 20.5 Å². The topological polar surface area (TPSA) is 73.6 Å². The zero-order valence-corrected chi connectivity index (χ0v) is 11.8. The van der Waals surface area contributed by atoms with Crippen LogP contribution in [0.15, 0.2) is 54.6 Å². The summed E-state index contributed by atoms with van der Waals surface area (Å²) in [7, 11) is 1.50. The number of ether oxygens (including phenoxy) is 2. The summed E-state index contributed by atoms with van der Waals surface area (Å²) in [5.74, 6) is 0.933. The molecule has 0 aliphatic carbocycles. The number of amides is 1. The molecule has 0 aliphatic rings. The van der Waals surface area contributed by atoms with Crippen molar-refractivity contribution in [2.24, 2.45) is 5.73 Å². The SMILES string of the molecule is COC[C@H](N)C(=O)Nc1ccccc1Oc1ccccc1. The van der Waals surface area contributed by atoms with Gasteiger partial charge in [0.05, 0.1) is 12.3 Å². The summed E-state index contributed by atoms with van der Waals surface area (Å²) < 4.78 is 10.6. The second-order valence-corrected chi connectivity index (χ2v) is 4.46. The Hall–Kier alpha value is -2.37. The molecule has 1 atom stereocenters. The normalized spacial score (nSPS) is 11.7. The van der Waals surface area contributed by atoms with Crippen molar-refractivity contribution in [1.82, 2.24) is 0 Å². The average Bonchev–Trinajstić information content (AvgIpc) is 2.50. The Labute approximate surface area is 123 Å². The van der Waals surface area contributed by atoms with E-state index in [1.165, 1.54) is 7.11 Å². The molecule has 0 heterocycles. The first-order chi connectivity index (χ1) is 10.2. The predicted octanol–water partition coefficient (Wildman–Crippen LogP) is 2.39. The fourth-order valence-electron chi connectivity index (χ4n) is 1.76. The first kappa shape index (κ1) is 15.0. The second-order valence-electron chi connectivity index (χ2n) is 4.46. The van der Waals surface area contributed by atoms with Gasteiger partial charge in [-0.25, -0.2) is 0 Å². The molecule has 5 nitrogen and oxygen atoms in total.